The Morgan fingerprint density at radius 1 is 1.15 bits per heavy atom. The van der Waals surface area contributed by atoms with E-state index in [0.29, 0.717) is 0 Å². The highest BCUT2D eigenvalue weighted by molar-refractivity contribution is 7.85. The van der Waals surface area contributed by atoms with Crippen molar-refractivity contribution in [3.63, 3.8) is 0 Å². The van der Waals surface area contributed by atoms with Crippen molar-refractivity contribution in [1.29, 1.82) is 0 Å². The van der Waals surface area contributed by atoms with Gasteiger partial charge in [0, 0.05) is 5.57 Å². The molecule has 0 saturated carbocycles. The lowest BCUT2D eigenvalue weighted by Gasteiger charge is -2.34. The van der Waals surface area contributed by atoms with Crippen LogP contribution in [0.4, 0.5) is 26.3 Å². The summed E-state index contributed by atoms with van der Waals surface area (Å²) in [5.74, 6) is -6.72. The van der Waals surface area contributed by atoms with Crippen LogP contribution in [0.5, 0.6) is 0 Å². The Labute approximate surface area is 143 Å². The zero-order chi connectivity index (χ0) is 21.1. The molecule has 15 heteroatoms. The fourth-order valence-electron chi connectivity index (χ4n) is 1.39. The van der Waals surface area contributed by atoms with E-state index in [9.17, 15) is 44.3 Å². The van der Waals surface area contributed by atoms with Gasteiger partial charge in [0.1, 0.15) is 0 Å². The number of carbonyl (C=O) groups excluding carboxylic acids is 2. The summed E-state index contributed by atoms with van der Waals surface area (Å²) in [5.41, 5.74) is -0.318. The number of esters is 1. The third-order valence-corrected chi connectivity index (χ3v) is 3.33. The van der Waals surface area contributed by atoms with Crippen molar-refractivity contribution in [2.75, 3.05) is 5.88 Å². The lowest BCUT2D eigenvalue weighted by Crippen LogP contribution is -2.68. The topological polar surface area (TPSA) is 107 Å². The van der Waals surface area contributed by atoms with Crippen molar-refractivity contribution in [3.05, 3.63) is 12.2 Å². The van der Waals surface area contributed by atoms with Gasteiger partial charge in [-0.3, -0.25) is 9.39 Å². The normalized spacial score (nSPS) is 14.5. The number of alkyl halides is 6. The maximum absolute atomic E-state index is 13.0. The van der Waals surface area contributed by atoms with Gasteiger partial charge >= 0.3 is 34.7 Å². The quantitative estimate of drug-likeness (QED) is 0.128. The first-order valence-corrected chi connectivity index (χ1v) is 8.05. The Kier molecular flexibility index (Phi) is 7.23. The van der Waals surface area contributed by atoms with Crippen molar-refractivity contribution in [2.45, 2.75) is 39.0 Å². The molecule has 0 rings (SSSR count). The Hall–Kier alpha value is -1.87. The number of carbonyl (C=O) groups is 2. The van der Waals surface area contributed by atoms with Crippen LogP contribution in [0.3, 0.4) is 0 Å². The minimum absolute atomic E-state index is 0.318. The fraction of sp³-hybridized carbons (Fsp3) is 0.636. The molecule has 0 heterocycles. The molecule has 1 atom stereocenters. The third kappa shape index (κ3) is 5.84. The minimum Gasteiger partial charge on any atom is -0.447 e. The Bertz CT molecular complexity index is 656. The highest BCUT2D eigenvalue weighted by Crippen LogP contribution is 2.44. The zero-order valence-electron chi connectivity index (χ0n) is 13.2. The third-order valence-electron chi connectivity index (χ3n) is 2.64. The van der Waals surface area contributed by atoms with E-state index in [1.165, 1.54) is 0 Å². The molecule has 152 valence electrons. The molecule has 0 fully saturated rings. The summed E-state index contributed by atoms with van der Waals surface area (Å²) in [6, 6.07) is 0. The number of hydrogen-bond donors (Lipinski definition) is 1. The molecule has 0 aliphatic carbocycles. The highest BCUT2D eigenvalue weighted by atomic mass is 32.2. The van der Waals surface area contributed by atoms with Gasteiger partial charge in [-0.25, -0.2) is 9.59 Å². The molecule has 1 unspecified atom stereocenters. The van der Waals surface area contributed by atoms with Crippen LogP contribution in [0.25, 0.3) is 0 Å². The Morgan fingerprint density at radius 2 is 1.58 bits per heavy atom. The molecule has 1 N–H and O–H groups in total. The van der Waals surface area contributed by atoms with Crippen LogP contribution in [0.1, 0.15) is 20.3 Å². The maximum atomic E-state index is 13.0. The summed E-state index contributed by atoms with van der Waals surface area (Å²) in [4.78, 5) is 26.4. The first-order chi connectivity index (χ1) is 11.4. The van der Waals surface area contributed by atoms with Gasteiger partial charge in [0.25, 0.3) is 5.88 Å². The fourth-order valence-corrected chi connectivity index (χ4v) is 2.20. The average molecular weight is 418 g/mol. The summed E-state index contributed by atoms with van der Waals surface area (Å²) < 4.78 is 107. The number of halogens is 6. The van der Waals surface area contributed by atoms with Crippen LogP contribution in [-0.2, 0) is 29.3 Å². The molecule has 0 radical (unpaired) electrons. The molecule has 0 aliphatic rings. The predicted octanol–water partition coefficient (Wildman–Crippen LogP) is 2.04. The molecule has 0 bridgehead atoms. The van der Waals surface area contributed by atoms with Crippen molar-refractivity contribution in [3.8, 4) is 0 Å². The number of quaternary nitrogens is 1. The summed E-state index contributed by atoms with van der Waals surface area (Å²) in [6.45, 7) is 5.25. The molecule has 0 spiro atoms. The molecule has 0 aromatic carbocycles. The van der Waals surface area contributed by atoms with Gasteiger partial charge in [0.2, 0.25) is 6.10 Å². The lowest BCUT2D eigenvalue weighted by atomic mass is 10.3. The SMILES string of the molecule is C=C(C)C(=O)OC(CC)C(=O)O[N+](CS(=O)(=O)O)(C(F)(F)F)C(F)(F)F. The minimum atomic E-state index is -6.53. The second kappa shape index (κ2) is 7.79. The molecule has 0 amide bonds. The van der Waals surface area contributed by atoms with Gasteiger partial charge in [0.05, 0.1) is 4.65 Å². The standard InChI is InChI=1S/C11H13F6NO7S/c1-4-7(24-8(19)6(2)3)9(20)25-18(10(12,13)14,11(15,16)17)5-26(21,22)23/h7H,2,4-5H2,1,3H3/p+1. The van der Waals surface area contributed by atoms with Crippen molar-refractivity contribution >= 4 is 22.1 Å². The van der Waals surface area contributed by atoms with Gasteiger partial charge in [-0.1, -0.05) is 13.5 Å². The van der Waals surface area contributed by atoms with Gasteiger partial charge in [-0.15, -0.1) is 26.3 Å². The van der Waals surface area contributed by atoms with Crippen molar-refractivity contribution in [2.24, 2.45) is 0 Å². The highest BCUT2D eigenvalue weighted by Gasteiger charge is 2.78. The molecule has 0 aromatic rings. The first-order valence-electron chi connectivity index (χ1n) is 6.44. The average Bonchev–Trinajstić information content (AvgIpc) is 2.39. The molecule has 8 nitrogen and oxygen atoms in total. The van der Waals surface area contributed by atoms with E-state index in [2.05, 4.69) is 16.2 Å². The first kappa shape index (κ1) is 24.1. The molecule has 0 saturated heterocycles. The van der Waals surface area contributed by atoms with E-state index >= 15 is 0 Å². The van der Waals surface area contributed by atoms with E-state index in [0.717, 1.165) is 13.8 Å². The molecular weight excluding hydrogens is 404 g/mol. The lowest BCUT2D eigenvalue weighted by molar-refractivity contribution is -1.22. The largest absolute Gasteiger partial charge is 0.610 e. The summed E-state index contributed by atoms with van der Waals surface area (Å²) in [7, 11) is -5.93. The van der Waals surface area contributed by atoms with Crippen LogP contribution >= 0.6 is 0 Å². The Morgan fingerprint density at radius 3 is 1.85 bits per heavy atom. The van der Waals surface area contributed by atoms with Crippen molar-refractivity contribution < 1.29 is 63.1 Å². The summed E-state index contributed by atoms with van der Waals surface area (Å²) in [6.07, 6.45) is -15.9. The number of hydroxylamine groups is 3. The van der Waals surface area contributed by atoms with Crippen LogP contribution < -0.4 is 0 Å². The molecule has 0 aliphatic heterocycles. The Balaban J connectivity index is 6.05. The monoisotopic (exact) mass is 418 g/mol. The molecule has 26 heavy (non-hydrogen) atoms. The van der Waals surface area contributed by atoms with Gasteiger partial charge in [0.15, 0.2) is 0 Å². The van der Waals surface area contributed by atoms with Crippen LogP contribution in [0, 0.1) is 0 Å². The second-order valence-corrected chi connectivity index (χ2v) is 6.30. The molecule has 0 aromatic heterocycles. The zero-order valence-corrected chi connectivity index (χ0v) is 14.0. The number of nitrogens with zero attached hydrogens (tertiary/aromatic N) is 1. The van der Waals surface area contributed by atoms with Crippen LogP contribution in [-0.4, -0.2) is 54.1 Å². The van der Waals surface area contributed by atoms with E-state index in [4.69, 9.17) is 4.55 Å². The van der Waals surface area contributed by atoms with Crippen LogP contribution in [0.2, 0.25) is 0 Å². The predicted molar refractivity (Wildman–Crippen MR) is 69.9 cm³/mol. The number of ether oxygens (including phenoxy) is 1. The van der Waals surface area contributed by atoms with E-state index in [-0.39, 0.29) is 5.57 Å². The molecular formula is C11H14F6NO7S+. The summed E-state index contributed by atoms with van der Waals surface area (Å²) >= 11 is 0. The second-order valence-electron chi connectivity index (χ2n) is 4.88. The maximum Gasteiger partial charge on any atom is 0.610 e. The van der Waals surface area contributed by atoms with Crippen molar-refractivity contribution in [1.82, 2.24) is 0 Å². The van der Waals surface area contributed by atoms with E-state index in [1.54, 1.807) is 0 Å². The smallest absolute Gasteiger partial charge is 0.447 e. The van der Waals surface area contributed by atoms with Gasteiger partial charge in [-0.2, -0.15) is 8.42 Å². The van der Waals surface area contributed by atoms with Gasteiger partial charge in [-0.05, 0) is 13.3 Å². The number of hydrogen-bond acceptors (Lipinski definition) is 6. The van der Waals surface area contributed by atoms with Crippen LogP contribution in [0.15, 0.2) is 12.2 Å². The number of rotatable bonds is 7. The van der Waals surface area contributed by atoms with E-state index < -0.39 is 57.7 Å². The summed E-state index contributed by atoms with van der Waals surface area (Å²) in [5, 5.41) is 0. The van der Waals surface area contributed by atoms with Gasteiger partial charge < -0.3 is 4.74 Å². The van der Waals surface area contributed by atoms with E-state index in [1.807, 2.05) is 0 Å².